The van der Waals surface area contributed by atoms with Gasteiger partial charge in [0.2, 0.25) is 5.91 Å². The van der Waals surface area contributed by atoms with Crippen LogP contribution in [0.4, 0.5) is 10.1 Å². The SMILES string of the molecule is Cc1ccc(N(C(=O)c2csnn2)[C@H](C(=O)NC(C)(C)C)c2ccc(F)cc2)c(C)c1. The first kappa shape index (κ1) is 22.6. The number of rotatable bonds is 5. The number of hydrogen-bond acceptors (Lipinski definition) is 5. The molecule has 1 N–H and O–H groups in total. The van der Waals surface area contributed by atoms with Gasteiger partial charge in [-0.25, -0.2) is 4.39 Å². The zero-order valence-electron chi connectivity index (χ0n) is 18.1. The van der Waals surface area contributed by atoms with Crippen molar-refractivity contribution in [2.45, 2.75) is 46.2 Å². The van der Waals surface area contributed by atoms with Gasteiger partial charge in [-0.2, -0.15) is 0 Å². The number of aryl methyl sites for hydroxylation is 2. The summed E-state index contributed by atoms with van der Waals surface area (Å²) in [5, 5.41) is 8.42. The predicted molar refractivity (Wildman–Crippen MR) is 120 cm³/mol. The summed E-state index contributed by atoms with van der Waals surface area (Å²) in [6.07, 6.45) is 0. The summed E-state index contributed by atoms with van der Waals surface area (Å²) in [5.74, 6) is -1.26. The molecule has 6 nitrogen and oxygen atoms in total. The minimum atomic E-state index is -1.03. The van der Waals surface area contributed by atoms with Crippen molar-refractivity contribution in [3.8, 4) is 0 Å². The Bertz CT molecular complexity index is 1080. The first-order chi connectivity index (χ1) is 14.6. The number of aromatic nitrogens is 2. The topological polar surface area (TPSA) is 75.2 Å². The van der Waals surface area contributed by atoms with Crippen molar-refractivity contribution >= 4 is 29.0 Å². The van der Waals surface area contributed by atoms with Gasteiger partial charge < -0.3 is 5.32 Å². The van der Waals surface area contributed by atoms with Crippen molar-refractivity contribution in [3.05, 3.63) is 76.0 Å². The van der Waals surface area contributed by atoms with E-state index in [1.54, 1.807) is 5.38 Å². The normalized spacial score (nSPS) is 12.3. The van der Waals surface area contributed by atoms with Crippen molar-refractivity contribution in [2.75, 3.05) is 4.90 Å². The molecule has 0 radical (unpaired) electrons. The Kier molecular flexibility index (Phi) is 6.50. The molecule has 0 spiro atoms. The molecule has 0 saturated heterocycles. The Morgan fingerprint density at radius 2 is 1.77 bits per heavy atom. The van der Waals surface area contributed by atoms with Crippen molar-refractivity contribution in [3.63, 3.8) is 0 Å². The van der Waals surface area contributed by atoms with Crippen molar-refractivity contribution in [1.82, 2.24) is 14.9 Å². The summed E-state index contributed by atoms with van der Waals surface area (Å²) in [4.78, 5) is 28.5. The molecule has 2 aromatic carbocycles. The molecule has 31 heavy (non-hydrogen) atoms. The van der Waals surface area contributed by atoms with E-state index in [-0.39, 0.29) is 11.6 Å². The molecule has 3 rings (SSSR count). The van der Waals surface area contributed by atoms with E-state index in [1.807, 2.05) is 52.8 Å². The van der Waals surface area contributed by atoms with Crippen LogP contribution in [0.25, 0.3) is 0 Å². The third kappa shape index (κ3) is 5.32. The Hall–Kier alpha value is -3.13. The standard InChI is InChI=1S/C23H25FN4O2S/c1-14-6-11-19(15(2)12-14)28(22(30)18-13-31-27-26-18)20(21(29)25-23(3,4)5)16-7-9-17(24)10-8-16/h6-13,20H,1-5H3,(H,25,29)/t20-/m0/s1. The molecule has 0 aliphatic carbocycles. The molecular formula is C23H25FN4O2S. The van der Waals surface area contributed by atoms with E-state index < -0.39 is 23.3 Å². The number of carbonyl (C=O) groups is 2. The van der Waals surface area contributed by atoms with E-state index in [1.165, 1.54) is 29.2 Å². The first-order valence-corrected chi connectivity index (χ1v) is 10.7. The first-order valence-electron chi connectivity index (χ1n) is 9.82. The van der Waals surface area contributed by atoms with Crippen LogP contribution in [0.2, 0.25) is 0 Å². The van der Waals surface area contributed by atoms with Crippen LogP contribution in [-0.4, -0.2) is 26.9 Å². The number of halogens is 1. The van der Waals surface area contributed by atoms with Gasteiger partial charge in [0, 0.05) is 16.6 Å². The quantitative estimate of drug-likeness (QED) is 0.629. The second-order valence-corrected chi connectivity index (χ2v) is 9.06. The zero-order valence-corrected chi connectivity index (χ0v) is 19.0. The maximum atomic E-state index is 13.6. The van der Waals surface area contributed by atoms with Gasteiger partial charge in [0.25, 0.3) is 5.91 Å². The molecule has 1 heterocycles. The zero-order chi connectivity index (χ0) is 22.8. The van der Waals surface area contributed by atoms with E-state index >= 15 is 0 Å². The molecule has 0 saturated carbocycles. The Labute approximate surface area is 185 Å². The molecule has 8 heteroatoms. The maximum Gasteiger partial charge on any atom is 0.280 e. The molecular weight excluding hydrogens is 415 g/mol. The molecule has 0 unspecified atom stereocenters. The van der Waals surface area contributed by atoms with Crippen LogP contribution in [0.3, 0.4) is 0 Å². The minimum absolute atomic E-state index is 0.139. The van der Waals surface area contributed by atoms with Crippen LogP contribution in [0.5, 0.6) is 0 Å². The fourth-order valence-corrected chi connectivity index (χ4v) is 3.75. The summed E-state index contributed by atoms with van der Waals surface area (Å²) in [7, 11) is 0. The number of nitrogens with one attached hydrogen (secondary N) is 1. The molecule has 2 amide bonds. The van der Waals surface area contributed by atoms with Gasteiger partial charge in [0.15, 0.2) is 5.69 Å². The fraction of sp³-hybridized carbons (Fsp3) is 0.304. The summed E-state index contributed by atoms with van der Waals surface area (Å²) in [6.45, 7) is 9.42. The number of amides is 2. The second-order valence-electron chi connectivity index (χ2n) is 8.45. The average Bonchev–Trinajstić information content (AvgIpc) is 3.21. The van der Waals surface area contributed by atoms with E-state index in [4.69, 9.17) is 0 Å². The number of anilines is 1. The lowest BCUT2D eigenvalue weighted by atomic mass is 9.99. The van der Waals surface area contributed by atoms with Crippen LogP contribution < -0.4 is 10.2 Å². The highest BCUT2D eigenvalue weighted by atomic mass is 32.1. The molecule has 0 bridgehead atoms. The number of hydrogen-bond donors (Lipinski definition) is 1. The Balaban J connectivity index is 2.21. The fourth-order valence-electron chi connectivity index (χ4n) is 3.32. The highest BCUT2D eigenvalue weighted by Crippen LogP contribution is 2.33. The number of benzene rings is 2. The van der Waals surface area contributed by atoms with Gasteiger partial charge in [-0.15, -0.1) is 5.10 Å². The lowest BCUT2D eigenvalue weighted by molar-refractivity contribution is -0.123. The smallest absolute Gasteiger partial charge is 0.280 e. The van der Waals surface area contributed by atoms with E-state index in [0.717, 1.165) is 22.7 Å². The second kappa shape index (κ2) is 8.93. The monoisotopic (exact) mass is 440 g/mol. The van der Waals surface area contributed by atoms with Crippen LogP contribution in [0.1, 0.15) is 54.0 Å². The van der Waals surface area contributed by atoms with Gasteiger partial charge in [-0.05, 0) is 75.5 Å². The highest BCUT2D eigenvalue weighted by Gasteiger charge is 2.36. The van der Waals surface area contributed by atoms with Crippen molar-refractivity contribution in [2.24, 2.45) is 0 Å². The van der Waals surface area contributed by atoms with E-state index in [9.17, 15) is 14.0 Å². The molecule has 1 atom stereocenters. The van der Waals surface area contributed by atoms with Crippen LogP contribution in [0.15, 0.2) is 47.8 Å². The van der Waals surface area contributed by atoms with Crippen LogP contribution >= 0.6 is 11.5 Å². The summed E-state index contributed by atoms with van der Waals surface area (Å²) >= 11 is 1.06. The van der Waals surface area contributed by atoms with Crippen molar-refractivity contribution in [1.29, 1.82) is 0 Å². The minimum Gasteiger partial charge on any atom is -0.349 e. The molecule has 0 fully saturated rings. The third-order valence-electron chi connectivity index (χ3n) is 4.60. The van der Waals surface area contributed by atoms with Gasteiger partial charge in [-0.3, -0.25) is 14.5 Å². The van der Waals surface area contributed by atoms with Crippen molar-refractivity contribution < 1.29 is 14.0 Å². The third-order valence-corrected chi connectivity index (χ3v) is 5.10. The van der Waals surface area contributed by atoms with Crippen LogP contribution in [-0.2, 0) is 4.79 Å². The molecule has 0 aliphatic heterocycles. The Morgan fingerprint density at radius 1 is 1.10 bits per heavy atom. The lowest BCUT2D eigenvalue weighted by Crippen LogP contribution is -2.49. The predicted octanol–water partition coefficient (Wildman–Crippen LogP) is 4.60. The Morgan fingerprint density at radius 3 is 2.32 bits per heavy atom. The van der Waals surface area contributed by atoms with Gasteiger partial charge >= 0.3 is 0 Å². The van der Waals surface area contributed by atoms with E-state index in [0.29, 0.717) is 11.3 Å². The summed E-state index contributed by atoms with van der Waals surface area (Å²) in [6, 6.07) is 10.2. The number of carbonyl (C=O) groups excluding carboxylic acids is 2. The highest BCUT2D eigenvalue weighted by molar-refractivity contribution is 7.03. The number of nitrogens with zero attached hydrogens (tertiary/aromatic N) is 3. The van der Waals surface area contributed by atoms with Crippen LogP contribution in [0, 0.1) is 19.7 Å². The maximum absolute atomic E-state index is 13.6. The molecule has 0 aliphatic rings. The van der Waals surface area contributed by atoms with Gasteiger partial charge in [-0.1, -0.05) is 34.3 Å². The average molecular weight is 441 g/mol. The molecule has 162 valence electrons. The van der Waals surface area contributed by atoms with Gasteiger partial charge in [0.1, 0.15) is 11.9 Å². The largest absolute Gasteiger partial charge is 0.349 e. The van der Waals surface area contributed by atoms with E-state index in [2.05, 4.69) is 14.9 Å². The molecule has 3 aromatic rings. The lowest BCUT2D eigenvalue weighted by Gasteiger charge is -2.34. The summed E-state index contributed by atoms with van der Waals surface area (Å²) in [5.41, 5.74) is 2.52. The molecule has 1 aromatic heterocycles. The van der Waals surface area contributed by atoms with Gasteiger partial charge in [0.05, 0.1) is 0 Å². The summed E-state index contributed by atoms with van der Waals surface area (Å²) < 4.78 is 17.4.